The van der Waals surface area contributed by atoms with Crippen molar-refractivity contribution in [2.45, 2.75) is 19.3 Å². The fraction of sp³-hybridized carbons (Fsp3) is 0.357. The molecule has 0 spiro atoms. The minimum atomic E-state index is 0.168. The van der Waals surface area contributed by atoms with Crippen LogP contribution in [0.4, 0.5) is 0 Å². The number of benzene rings is 1. The van der Waals surface area contributed by atoms with E-state index < -0.39 is 0 Å². The van der Waals surface area contributed by atoms with E-state index in [1.165, 1.54) is 15.6 Å². The topological polar surface area (TPSA) is 29.1 Å². The van der Waals surface area contributed by atoms with Crippen molar-refractivity contribution in [1.29, 1.82) is 0 Å². The van der Waals surface area contributed by atoms with E-state index in [2.05, 4.69) is 35.0 Å². The largest absolute Gasteiger partial charge is 0.356 e. The van der Waals surface area contributed by atoms with Gasteiger partial charge in [-0.3, -0.25) is 4.79 Å². The van der Waals surface area contributed by atoms with Crippen LogP contribution in [0, 0.1) is 5.92 Å². The van der Waals surface area contributed by atoms with Crippen molar-refractivity contribution >= 4 is 27.3 Å². The molecular weight excluding hydrogens is 230 g/mol. The van der Waals surface area contributed by atoms with Gasteiger partial charge in [0, 0.05) is 17.2 Å². The van der Waals surface area contributed by atoms with Crippen LogP contribution in [0.2, 0.25) is 0 Å². The molecule has 0 bridgehead atoms. The van der Waals surface area contributed by atoms with Crippen molar-refractivity contribution in [3.63, 3.8) is 0 Å². The summed E-state index contributed by atoms with van der Waals surface area (Å²) in [5, 5.41) is 6.47. The Morgan fingerprint density at radius 3 is 3.12 bits per heavy atom. The molecule has 1 unspecified atom stereocenters. The van der Waals surface area contributed by atoms with Gasteiger partial charge in [-0.1, -0.05) is 18.2 Å². The van der Waals surface area contributed by atoms with E-state index in [-0.39, 0.29) is 11.8 Å². The van der Waals surface area contributed by atoms with Crippen molar-refractivity contribution in [2.75, 3.05) is 6.54 Å². The van der Waals surface area contributed by atoms with E-state index >= 15 is 0 Å². The van der Waals surface area contributed by atoms with Crippen LogP contribution >= 0.6 is 11.3 Å². The number of piperidine rings is 1. The highest BCUT2D eigenvalue weighted by atomic mass is 32.1. The van der Waals surface area contributed by atoms with Gasteiger partial charge in [-0.05, 0) is 41.7 Å². The molecule has 1 fully saturated rings. The Labute approximate surface area is 105 Å². The molecule has 1 aliphatic heterocycles. The van der Waals surface area contributed by atoms with Gasteiger partial charge in [0.1, 0.15) is 0 Å². The summed E-state index contributed by atoms with van der Waals surface area (Å²) in [6.07, 6.45) is 3.02. The average Bonchev–Trinajstić information content (AvgIpc) is 2.76. The molecule has 0 radical (unpaired) electrons. The first-order valence-corrected chi connectivity index (χ1v) is 6.95. The summed E-state index contributed by atoms with van der Waals surface area (Å²) in [7, 11) is 0. The second-order valence-corrected chi connectivity index (χ2v) is 5.50. The average molecular weight is 245 g/mol. The molecule has 88 valence electrons. The van der Waals surface area contributed by atoms with Gasteiger partial charge in [-0.2, -0.15) is 0 Å². The zero-order valence-electron chi connectivity index (χ0n) is 9.61. The quantitative estimate of drug-likeness (QED) is 0.866. The number of fused-ring (bicyclic) bond motifs is 1. The minimum Gasteiger partial charge on any atom is -0.356 e. The maximum Gasteiger partial charge on any atom is 0.223 e. The zero-order chi connectivity index (χ0) is 11.7. The van der Waals surface area contributed by atoms with Gasteiger partial charge in [-0.15, -0.1) is 11.3 Å². The Bertz CT molecular complexity index is 546. The molecule has 1 saturated heterocycles. The van der Waals surface area contributed by atoms with Crippen LogP contribution in [0.5, 0.6) is 0 Å². The predicted molar refractivity (Wildman–Crippen MR) is 71.3 cm³/mol. The van der Waals surface area contributed by atoms with Gasteiger partial charge in [0.25, 0.3) is 0 Å². The number of thiophene rings is 1. The second-order valence-electron chi connectivity index (χ2n) is 4.59. The maximum absolute atomic E-state index is 11.7. The number of nitrogens with one attached hydrogen (secondary N) is 1. The molecule has 17 heavy (non-hydrogen) atoms. The second kappa shape index (κ2) is 4.49. The summed E-state index contributed by atoms with van der Waals surface area (Å²) in [4.78, 5) is 11.7. The molecule has 1 amide bonds. The van der Waals surface area contributed by atoms with E-state index in [4.69, 9.17) is 0 Å². The van der Waals surface area contributed by atoms with Crippen LogP contribution in [0.25, 0.3) is 10.1 Å². The Kier molecular flexibility index (Phi) is 2.85. The number of carbonyl (C=O) groups is 1. The summed E-state index contributed by atoms with van der Waals surface area (Å²) in [5.74, 6) is 0.397. The van der Waals surface area contributed by atoms with Gasteiger partial charge >= 0.3 is 0 Å². The van der Waals surface area contributed by atoms with Gasteiger partial charge in [-0.25, -0.2) is 0 Å². The van der Waals surface area contributed by atoms with Crippen molar-refractivity contribution < 1.29 is 4.79 Å². The molecule has 1 atom stereocenters. The Morgan fingerprint density at radius 2 is 2.24 bits per heavy atom. The number of rotatable bonds is 2. The fourth-order valence-corrected chi connectivity index (χ4v) is 3.46. The molecule has 0 aliphatic carbocycles. The smallest absolute Gasteiger partial charge is 0.223 e. The molecule has 1 aliphatic rings. The standard InChI is InChI=1S/C14H15NOS/c16-14-10(4-3-7-15-14)8-11-9-17-13-6-2-1-5-12(11)13/h1-2,5-6,9-10H,3-4,7-8H2,(H,15,16). The summed E-state index contributed by atoms with van der Waals surface area (Å²) in [5.41, 5.74) is 1.33. The third kappa shape index (κ3) is 2.07. The van der Waals surface area contributed by atoms with Crippen molar-refractivity contribution in [3.05, 3.63) is 35.2 Å². The number of hydrogen-bond acceptors (Lipinski definition) is 2. The molecule has 2 heterocycles. The van der Waals surface area contributed by atoms with Crippen LogP contribution in [-0.2, 0) is 11.2 Å². The molecular formula is C14H15NOS. The van der Waals surface area contributed by atoms with Gasteiger partial charge in [0.15, 0.2) is 0 Å². The third-order valence-corrected chi connectivity index (χ3v) is 4.44. The lowest BCUT2D eigenvalue weighted by atomic mass is 9.91. The minimum absolute atomic E-state index is 0.168. The zero-order valence-corrected chi connectivity index (χ0v) is 10.4. The predicted octanol–water partition coefficient (Wildman–Crippen LogP) is 2.97. The fourth-order valence-electron chi connectivity index (χ4n) is 2.49. The molecule has 3 heteroatoms. The van der Waals surface area contributed by atoms with E-state index in [0.717, 1.165) is 25.8 Å². The van der Waals surface area contributed by atoms with Crippen LogP contribution < -0.4 is 5.32 Å². The van der Waals surface area contributed by atoms with Gasteiger partial charge in [0.05, 0.1) is 0 Å². The molecule has 1 aromatic carbocycles. The molecule has 1 aromatic heterocycles. The third-order valence-electron chi connectivity index (χ3n) is 3.43. The van der Waals surface area contributed by atoms with E-state index in [1.807, 2.05) is 0 Å². The molecule has 3 rings (SSSR count). The highest BCUT2D eigenvalue weighted by Gasteiger charge is 2.22. The maximum atomic E-state index is 11.7. The first-order valence-electron chi connectivity index (χ1n) is 6.07. The SMILES string of the molecule is O=C1NCCCC1Cc1csc2ccccc12. The highest BCUT2D eigenvalue weighted by molar-refractivity contribution is 7.17. The summed E-state index contributed by atoms with van der Waals surface area (Å²) in [6, 6.07) is 8.43. The van der Waals surface area contributed by atoms with Gasteiger partial charge < -0.3 is 5.32 Å². The lowest BCUT2D eigenvalue weighted by Gasteiger charge is -2.21. The van der Waals surface area contributed by atoms with E-state index in [9.17, 15) is 4.79 Å². The van der Waals surface area contributed by atoms with E-state index in [1.54, 1.807) is 11.3 Å². The van der Waals surface area contributed by atoms with Crippen LogP contribution in [0.1, 0.15) is 18.4 Å². The monoisotopic (exact) mass is 245 g/mol. The summed E-state index contributed by atoms with van der Waals surface area (Å²) in [6.45, 7) is 0.847. The lowest BCUT2D eigenvalue weighted by molar-refractivity contribution is -0.126. The van der Waals surface area contributed by atoms with Crippen molar-refractivity contribution in [2.24, 2.45) is 5.92 Å². The summed E-state index contributed by atoms with van der Waals surface area (Å²) < 4.78 is 1.32. The lowest BCUT2D eigenvalue weighted by Crippen LogP contribution is -2.37. The first-order chi connectivity index (χ1) is 8.34. The van der Waals surface area contributed by atoms with Crippen molar-refractivity contribution in [1.82, 2.24) is 5.32 Å². The number of amides is 1. The van der Waals surface area contributed by atoms with Crippen molar-refractivity contribution in [3.8, 4) is 0 Å². The first kappa shape index (κ1) is 10.8. The molecule has 2 nitrogen and oxygen atoms in total. The van der Waals surface area contributed by atoms with Crippen LogP contribution in [-0.4, -0.2) is 12.5 Å². The molecule has 2 aromatic rings. The van der Waals surface area contributed by atoms with E-state index in [0.29, 0.717) is 0 Å². The number of hydrogen-bond donors (Lipinski definition) is 1. The Morgan fingerprint density at radius 1 is 1.35 bits per heavy atom. The Balaban J connectivity index is 1.87. The molecule has 0 saturated carbocycles. The highest BCUT2D eigenvalue weighted by Crippen LogP contribution is 2.29. The summed E-state index contributed by atoms with van der Waals surface area (Å²) >= 11 is 1.77. The van der Waals surface area contributed by atoms with Crippen LogP contribution in [0.15, 0.2) is 29.6 Å². The molecule has 1 N–H and O–H groups in total. The van der Waals surface area contributed by atoms with Crippen LogP contribution in [0.3, 0.4) is 0 Å². The Hall–Kier alpha value is -1.35. The normalized spacial score (nSPS) is 20.5. The number of carbonyl (C=O) groups excluding carboxylic acids is 1. The van der Waals surface area contributed by atoms with Gasteiger partial charge in [0.2, 0.25) is 5.91 Å².